The van der Waals surface area contributed by atoms with Crippen LogP contribution in [0.25, 0.3) is 0 Å². The summed E-state index contributed by atoms with van der Waals surface area (Å²) in [4.78, 5) is 34.5. The first-order valence-corrected chi connectivity index (χ1v) is 8.17. The number of benzene rings is 1. The molecule has 1 aliphatic rings. The van der Waals surface area contributed by atoms with Crippen molar-refractivity contribution in [2.75, 3.05) is 12.4 Å². The first kappa shape index (κ1) is 17.7. The van der Waals surface area contributed by atoms with Gasteiger partial charge in [-0.1, -0.05) is 12.1 Å². The predicted molar refractivity (Wildman–Crippen MR) is 96.7 cm³/mol. The molecular formula is C18H21N5O3. The van der Waals surface area contributed by atoms with Gasteiger partial charge in [-0.15, -0.1) is 0 Å². The van der Waals surface area contributed by atoms with Gasteiger partial charge in [0.15, 0.2) is 17.5 Å². The molecule has 2 heterocycles. The molecule has 0 spiro atoms. The minimum absolute atomic E-state index is 0.108. The third-order valence-electron chi connectivity index (χ3n) is 4.44. The number of oxazole rings is 1. The lowest BCUT2D eigenvalue weighted by Gasteiger charge is -2.33. The molecule has 26 heavy (non-hydrogen) atoms. The second kappa shape index (κ2) is 6.29. The average Bonchev–Trinajstić information content (AvgIpc) is 2.91. The van der Waals surface area contributed by atoms with E-state index in [1.54, 1.807) is 39.1 Å². The Morgan fingerprint density at radius 1 is 1.38 bits per heavy atom. The van der Waals surface area contributed by atoms with Gasteiger partial charge in [0.1, 0.15) is 5.76 Å². The van der Waals surface area contributed by atoms with E-state index in [4.69, 9.17) is 10.2 Å². The normalized spacial score (nSPS) is 20.1. The fraction of sp³-hybridized carbons (Fsp3) is 0.333. The highest BCUT2D eigenvalue weighted by molar-refractivity contribution is 6.03. The van der Waals surface area contributed by atoms with Crippen LogP contribution in [0.1, 0.15) is 41.0 Å². The van der Waals surface area contributed by atoms with Crippen LogP contribution < -0.4 is 11.1 Å². The van der Waals surface area contributed by atoms with Crippen LogP contribution in [0.4, 0.5) is 5.69 Å². The maximum absolute atomic E-state index is 12.4. The first-order chi connectivity index (χ1) is 12.2. The van der Waals surface area contributed by atoms with Gasteiger partial charge in [-0.3, -0.25) is 14.5 Å². The Bertz CT molecular complexity index is 917. The molecular weight excluding hydrogens is 334 g/mol. The lowest BCUT2D eigenvalue weighted by atomic mass is 9.87. The van der Waals surface area contributed by atoms with Gasteiger partial charge < -0.3 is 15.5 Å². The molecule has 1 unspecified atom stereocenters. The number of aromatic nitrogens is 1. The summed E-state index contributed by atoms with van der Waals surface area (Å²) in [5.41, 5.74) is 6.69. The largest absolute Gasteiger partial charge is 0.445 e. The number of hydrogen-bond acceptors (Lipinski definition) is 6. The van der Waals surface area contributed by atoms with Crippen LogP contribution in [-0.4, -0.2) is 34.7 Å². The molecule has 0 fully saturated rings. The standard InChI is InChI=1S/C18H21N5O3/c1-10-15(20-11(2)26-10)16(25)21-13-7-5-6-12(8-13)18(3)9-14(24)23(4)17(19)22-18/h5-8H,9H2,1-4H3,(H2,19,22)(H,21,25). The Morgan fingerprint density at radius 2 is 2.12 bits per heavy atom. The van der Waals surface area contributed by atoms with Crippen LogP contribution in [0.3, 0.4) is 0 Å². The van der Waals surface area contributed by atoms with Crippen molar-refractivity contribution in [3.8, 4) is 0 Å². The van der Waals surface area contributed by atoms with E-state index in [9.17, 15) is 9.59 Å². The molecule has 136 valence electrons. The quantitative estimate of drug-likeness (QED) is 0.873. The van der Waals surface area contributed by atoms with Gasteiger partial charge in [0, 0.05) is 19.7 Å². The number of amides is 2. The molecule has 2 aromatic rings. The van der Waals surface area contributed by atoms with E-state index in [-0.39, 0.29) is 29.9 Å². The Balaban J connectivity index is 1.88. The number of guanidine groups is 1. The van der Waals surface area contributed by atoms with Crippen molar-refractivity contribution >= 4 is 23.5 Å². The zero-order valence-corrected chi connectivity index (χ0v) is 15.2. The highest BCUT2D eigenvalue weighted by Gasteiger charge is 2.36. The van der Waals surface area contributed by atoms with Gasteiger partial charge in [-0.25, -0.2) is 9.98 Å². The third-order valence-corrected chi connectivity index (χ3v) is 4.44. The van der Waals surface area contributed by atoms with Gasteiger partial charge in [0.2, 0.25) is 5.91 Å². The van der Waals surface area contributed by atoms with Crippen LogP contribution in [0.5, 0.6) is 0 Å². The van der Waals surface area contributed by atoms with Crippen molar-refractivity contribution in [2.24, 2.45) is 10.7 Å². The molecule has 0 aliphatic carbocycles. The molecule has 0 saturated heterocycles. The summed E-state index contributed by atoms with van der Waals surface area (Å²) in [6, 6.07) is 7.20. The van der Waals surface area contributed by atoms with Gasteiger partial charge >= 0.3 is 0 Å². The minimum Gasteiger partial charge on any atom is -0.445 e. The maximum atomic E-state index is 12.4. The van der Waals surface area contributed by atoms with E-state index in [2.05, 4.69) is 15.3 Å². The number of aliphatic imine (C=N–C) groups is 1. The van der Waals surface area contributed by atoms with E-state index >= 15 is 0 Å². The minimum atomic E-state index is -0.783. The SMILES string of the molecule is Cc1nc(C(=O)Nc2cccc(C3(C)CC(=O)N(C)C(N)=N3)c2)c(C)o1. The zero-order chi connectivity index (χ0) is 19.1. The molecule has 0 saturated carbocycles. The lowest BCUT2D eigenvalue weighted by molar-refractivity contribution is -0.128. The van der Waals surface area contributed by atoms with Crippen LogP contribution in [0, 0.1) is 13.8 Å². The van der Waals surface area contributed by atoms with E-state index in [1.165, 1.54) is 4.90 Å². The molecule has 8 heteroatoms. The molecule has 1 atom stereocenters. The maximum Gasteiger partial charge on any atom is 0.277 e. The van der Waals surface area contributed by atoms with Crippen molar-refractivity contribution in [1.82, 2.24) is 9.88 Å². The second-order valence-electron chi connectivity index (χ2n) is 6.55. The molecule has 1 aliphatic heterocycles. The summed E-state index contributed by atoms with van der Waals surface area (Å²) in [5.74, 6) is 0.601. The Hall–Kier alpha value is -3.16. The van der Waals surface area contributed by atoms with E-state index < -0.39 is 5.54 Å². The van der Waals surface area contributed by atoms with Crippen LogP contribution in [0.15, 0.2) is 33.7 Å². The summed E-state index contributed by atoms with van der Waals surface area (Å²) in [6.07, 6.45) is 0.198. The Morgan fingerprint density at radius 3 is 2.73 bits per heavy atom. The van der Waals surface area contributed by atoms with Crippen molar-refractivity contribution in [3.05, 3.63) is 47.2 Å². The number of carbonyl (C=O) groups excluding carboxylic acids is 2. The number of nitrogens with one attached hydrogen (secondary N) is 1. The van der Waals surface area contributed by atoms with Crippen molar-refractivity contribution in [3.63, 3.8) is 0 Å². The third kappa shape index (κ3) is 3.17. The van der Waals surface area contributed by atoms with E-state index in [0.29, 0.717) is 17.3 Å². The molecule has 8 nitrogen and oxygen atoms in total. The van der Waals surface area contributed by atoms with Crippen molar-refractivity contribution < 1.29 is 14.0 Å². The topological polar surface area (TPSA) is 114 Å². The van der Waals surface area contributed by atoms with Gasteiger partial charge in [-0.2, -0.15) is 0 Å². The lowest BCUT2D eigenvalue weighted by Crippen LogP contribution is -2.47. The van der Waals surface area contributed by atoms with Crippen molar-refractivity contribution in [1.29, 1.82) is 0 Å². The monoisotopic (exact) mass is 355 g/mol. The van der Waals surface area contributed by atoms with E-state index in [0.717, 1.165) is 5.56 Å². The Labute approximate surface area is 151 Å². The van der Waals surface area contributed by atoms with Crippen LogP contribution in [0.2, 0.25) is 0 Å². The molecule has 0 radical (unpaired) electrons. The van der Waals surface area contributed by atoms with Gasteiger partial charge in [0.05, 0.1) is 12.0 Å². The highest BCUT2D eigenvalue weighted by atomic mass is 16.4. The summed E-state index contributed by atoms with van der Waals surface area (Å²) >= 11 is 0. The van der Waals surface area contributed by atoms with Gasteiger partial charge in [0.25, 0.3) is 5.91 Å². The fourth-order valence-corrected chi connectivity index (χ4v) is 2.94. The first-order valence-electron chi connectivity index (χ1n) is 8.17. The van der Waals surface area contributed by atoms with Crippen LogP contribution >= 0.6 is 0 Å². The molecule has 1 aromatic carbocycles. The number of nitrogens with two attached hydrogens (primary N) is 1. The highest BCUT2D eigenvalue weighted by Crippen LogP contribution is 2.34. The number of anilines is 1. The Kier molecular flexibility index (Phi) is 4.27. The number of hydrogen-bond donors (Lipinski definition) is 2. The number of nitrogens with zero attached hydrogens (tertiary/aromatic N) is 3. The number of rotatable bonds is 3. The van der Waals surface area contributed by atoms with E-state index in [1.807, 2.05) is 13.0 Å². The van der Waals surface area contributed by atoms with Crippen molar-refractivity contribution in [2.45, 2.75) is 32.7 Å². The summed E-state index contributed by atoms with van der Waals surface area (Å²) < 4.78 is 5.30. The summed E-state index contributed by atoms with van der Waals surface area (Å²) in [6.45, 7) is 5.22. The fourth-order valence-electron chi connectivity index (χ4n) is 2.94. The van der Waals surface area contributed by atoms with Crippen LogP contribution in [-0.2, 0) is 10.3 Å². The second-order valence-corrected chi connectivity index (χ2v) is 6.55. The predicted octanol–water partition coefficient (Wildman–Crippen LogP) is 1.94. The number of carbonyl (C=O) groups is 2. The molecule has 3 N–H and O–H groups in total. The summed E-state index contributed by atoms with van der Waals surface area (Å²) in [5, 5.41) is 2.80. The zero-order valence-electron chi connectivity index (χ0n) is 15.2. The molecule has 0 bridgehead atoms. The average molecular weight is 355 g/mol. The molecule has 2 amide bonds. The molecule has 1 aromatic heterocycles. The van der Waals surface area contributed by atoms with Gasteiger partial charge in [-0.05, 0) is 31.5 Å². The number of aryl methyl sites for hydroxylation is 2. The smallest absolute Gasteiger partial charge is 0.277 e. The summed E-state index contributed by atoms with van der Waals surface area (Å²) in [7, 11) is 1.60. The molecule has 3 rings (SSSR count).